The third-order valence-corrected chi connectivity index (χ3v) is 3.69. The van der Waals surface area contributed by atoms with Crippen LogP contribution in [0, 0.1) is 5.82 Å². The molecule has 3 nitrogen and oxygen atoms in total. The Morgan fingerprint density at radius 3 is 2.60 bits per heavy atom. The zero-order chi connectivity index (χ0) is 14.4. The largest absolute Gasteiger partial charge is 0.379 e. The van der Waals surface area contributed by atoms with E-state index >= 15 is 0 Å². The maximum absolute atomic E-state index is 13.6. The molecule has 1 aliphatic heterocycles. The van der Waals surface area contributed by atoms with Crippen molar-refractivity contribution in [1.82, 2.24) is 10.2 Å². The molecule has 1 N–H and O–H groups in total. The summed E-state index contributed by atoms with van der Waals surface area (Å²) in [6.45, 7) is 9.00. The van der Waals surface area contributed by atoms with Crippen LogP contribution in [0.4, 0.5) is 4.39 Å². The number of nitrogens with one attached hydrogen (secondary N) is 1. The number of hydrogen-bond acceptors (Lipinski definition) is 3. The highest BCUT2D eigenvalue weighted by molar-refractivity contribution is 5.18. The Hall–Kier alpha value is -0.970. The van der Waals surface area contributed by atoms with Crippen molar-refractivity contribution in [1.29, 1.82) is 0 Å². The van der Waals surface area contributed by atoms with Crippen molar-refractivity contribution in [3.63, 3.8) is 0 Å². The van der Waals surface area contributed by atoms with Crippen molar-refractivity contribution in [2.24, 2.45) is 0 Å². The molecule has 20 heavy (non-hydrogen) atoms. The number of rotatable bonds is 6. The molecule has 0 radical (unpaired) electrons. The van der Waals surface area contributed by atoms with Crippen LogP contribution >= 0.6 is 0 Å². The lowest BCUT2D eigenvalue weighted by molar-refractivity contribution is 0.0339. The molecular formula is C16H25FN2O. The molecule has 4 heteroatoms. The standard InChI is InChI=1S/C16H25FN2O/c1-13(11-15-5-3-4-6-16(15)17)18-14(2)12-19-7-9-20-10-8-19/h3-6,13-14,18H,7-12H2,1-2H3. The van der Waals surface area contributed by atoms with Gasteiger partial charge in [-0.3, -0.25) is 4.90 Å². The fraction of sp³-hybridized carbons (Fsp3) is 0.625. The van der Waals surface area contributed by atoms with Crippen LogP contribution in [0.1, 0.15) is 19.4 Å². The van der Waals surface area contributed by atoms with E-state index in [0.717, 1.165) is 44.8 Å². The fourth-order valence-electron chi connectivity index (χ4n) is 2.76. The van der Waals surface area contributed by atoms with Gasteiger partial charge in [0, 0.05) is 31.7 Å². The molecule has 1 aromatic carbocycles. The maximum atomic E-state index is 13.6. The van der Waals surface area contributed by atoms with Crippen LogP contribution in [-0.2, 0) is 11.2 Å². The summed E-state index contributed by atoms with van der Waals surface area (Å²) in [7, 11) is 0. The number of ether oxygens (including phenoxy) is 1. The van der Waals surface area contributed by atoms with Crippen LogP contribution in [0.3, 0.4) is 0 Å². The molecule has 1 aromatic rings. The molecule has 0 bridgehead atoms. The summed E-state index contributed by atoms with van der Waals surface area (Å²) in [5.74, 6) is -0.109. The van der Waals surface area contributed by atoms with Crippen LogP contribution in [0.25, 0.3) is 0 Å². The maximum Gasteiger partial charge on any atom is 0.126 e. The molecule has 1 saturated heterocycles. The van der Waals surface area contributed by atoms with E-state index in [-0.39, 0.29) is 11.9 Å². The first-order chi connectivity index (χ1) is 9.65. The average molecular weight is 280 g/mol. The lowest BCUT2D eigenvalue weighted by Gasteiger charge is -2.30. The molecule has 2 unspecified atom stereocenters. The highest BCUT2D eigenvalue weighted by Crippen LogP contribution is 2.09. The van der Waals surface area contributed by atoms with E-state index in [9.17, 15) is 4.39 Å². The van der Waals surface area contributed by atoms with Crippen molar-refractivity contribution >= 4 is 0 Å². The predicted octanol–water partition coefficient (Wildman–Crippen LogP) is 2.07. The van der Waals surface area contributed by atoms with E-state index in [1.807, 2.05) is 12.1 Å². The Morgan fingerprint density at radius 1 is 1.20 bits per heavy atom. The quantitative estimate of drug-likeness (QED) is 0.863. The molecule has 2 atom stereocenters. The second-order valence-electron chi connectivity index (χ2n) is 5.68. The molecule has 0 aromatic heterocycles. The Kier molecular flexibility index (Phi) is 5.95. The van der Waals surface area contributed by atoms with Gasteiger partial charge in [-0.15, -0.1) is 0 Å². The van der Waals surface area contributed by atoms with Gasteiger partial charge in [0.25, 0.3) is 0 Å². The van der Waals surface area contributed by atoms with Gasteiger partial charge in [0.05, 0.1) is 13.2 Å². The van der Waals surface area contributed by atoms with Gasteiger partial charge < -0.3 is 10.1 Å². The monoisotopic (exact) mass is 280 g/mol. The molecule has 1 aliphatic rings. The molecule has 2 rings (SSSR count). The zero-order valence-electron chi connectivity index (χ0n) is 12.4. The number of morpholine rings is 1. The lowest BCUT2D eigenvalue weighted by Crippen LogP contribution is -2.47. The highest BCUT2D eigenvalue weighted by Gasteiger charge is 2.15. The Balaban J connectivity index is 1.75. The van der Waals surface area contributed by atoms with Crippen LogP contribution in [-0.4, -0.2) is 49.8 Å². The Bertz CT molecular complexity index is 407. The van der Waals surface area contributed by atoms with Crippen LogP contribution in [0.2, 0.25) is 0 Å². The van der Waals surface area contributed by atoms with E-state index in [0.29, 0.717) is 6.04 Å². The minimum atomic E-state index is -0.109. The summed E-state index contributed by atoms with van der Waals surface area (Å²) in [6.07, 6.45) is 0.722. The molecule has 0 aliphatic carbocycles. The predicted molar refractivity (Wildman–Crippen MR) is 79.4 cm³/mol. The number of benzene rings is 1. The van der Waals surface area contributed by atoms with E-state index in [4.69, 9.17) is 4.74 Å². The van der Waals surface area contributed by atoms with Gasteiger partial charge in [-0.25, -0.2) is 4.39 Å². The van der Waals surface area contributed by atoms with Gasteiger partial charge in [-0.2, -0.15) is 0 Å². The van der Waals surface area contributed by atoms with E-state index in [2.05, 4.69) is 24.1 Å². The number of hydrogen-bond donors (Lipinski definition) is 1. The van der Waals surface area contributed by atoms with Crippen molar-refractivity contribution in [2.75, 3.05) is 32.8 Å². The number of nitrogens with zero attached hydrogens (tertiary/aromatic N) is 1. The third-order valence-electron chi connectivity index (χ3n) is 3.69. The van der Waals surface area contributed by atoms with E-state index in [1.165, 1.54) is 6.07 Å². The Labute approximate surface area is 121 Å². The van der Waals surface area contributed by atoms with Crippen LogP contribution in [0.5, 0.6) is 0 Å². The van der Waals surface area contributed by atoms with Gasteiger partial charge >= 0.3 is 0 Å². The average Bonchev–Trinajstić information content (AvgIpc) is 2.42. The van der Waals surface area contributed by atoms with E-state index in [1.54, 1.807) is 6.07 Å². The summed E-state index contributed by atoms with van der Waals surface area (Å²) in [5, 5.41) is 3.55. The summed E-state index contributed by atoms with van der Waals surface area (Å²) < 4.78 is 19.0. The van der Waals surface area contributed by atoms with Gasteiger partial charge in [0.15, 0.2) is 0 Å². The highest BCUT2D eigenvalue weighted by atomic mass is 19.1. The molecule has 112 valence electrons. The van der Waals surface area contributed by atoms with Crippen molar-refractivity contribution in [3.05, 3.63) is 35.6 Å². The van der Waals surface area contributed by atoms with Crippen molar-refractivity contribution in [2.45, 2.75) is 32.4 Å². The van der Waals surface area contributed by atoms with E-state index < -0.39 is 0 Å². The Morgan fingerprint density at radius 2 is 1.90 bits per heavy atom. The third kappa shape index (κ3) is 4.85. The minimum absolute atomic E-state index is 0.109. The van der Waals surface area contributed by atoms with Crippen molar-refractivity contribution in [3.8, 4) is 0 Å². The molecule has 0 spiro atoms. The molecule has 1 heterocycles. The molecule has 1 fully saturated rings. The first-order valence-corrected chi connectivity index (χ1v) is 7.44. The second-order valence-corrected chi connectivity index (χ2v) is 5.68. The first kappa shape index (κ1) is 15.4. The molecule has 0 saturated carbocycles. The second kappa shape index (κ2) is 7.72. The minimum Gasteiger partial charge on any atom is -0.379 e. The molecule has 0 amide bonds. The van der Waals surface area contributed by atoms with Gasteiger partial charge in [-0.1, -0.05) is 18.2 Å². The topological polar surface area (TPSA) is 24.5 Å². The van der Waals surface area contributed by atoms with Gasteiger partial charge in [0.2, 0.25) is 0 Å². The van der Waals surface area contributed by atoms with Crippen LogP contribution in [0.15, 0.2) is 24.3 Å². The van der Waals surface area contributed by atoms with Gasteiger partial charge in [-0.05, 0) is 31.9 Å². The summed E-state index contributed by atoms with van der Waals surface area (Å²) in [5.41, 5.74) is 0.783. The number of halogens is 1. The van der Waals surface area contributed by atoms with Crippen LogP contribution < -0.4 is 5.32 Å². The fourth-order valence-corrected chi connectivity index (χ4v) is 2.76. The summed E-state index contributed by atoms with van der Waals surface area (Å²) in [4.78, 5) is 2.41. The SMILES string of the molecule is CC(Cc1ccccc1F)NC(C)CN1CCOCC1. The van der Waals surface area contributed by atoms with Crippen molar-refractivity contribution < 1.29 is 9.13 Å². The normalized spacial score (nSPS) is 19.8. The lowest BCUT2D eigenvalue weighted by atomic mass is 10.1. The zero-order valence-corrected chi connectivity index (χ0v) is 12.4. The molecular weight excluding hydrogens is 255 g/mol. The summed E-state index contributed by atoms with van der Waals surface area (Å²) >= 11 is 0. The summed E-state index contributed by atoms with van der Waals surface area (Å²) in [6, 6.07) is 7.68. The smallest absolute Gasteiger partial charge is 0.126 e. The van der Waals surface area contributed by atoms with Gasteiger partial charge in [0.1, 0.15) is 5.82 Å². The first-order valence-electron chi connectivity index (χ1n) is 7.44.